The molecule has 0 atom stereocenters. The Morgan fingerprint density at radius 2 is 1.90 bits per heavy atom. The van der Waals surface area contributed by atoms with Crippen molar-refractivity contribution in [3.8, 4) is 0 Å². The van der Waals surface area contributed by atoms with E-state index in [2.05, 4.69) is 21.1 Å². The Labute approximate surface area is 179 Å². The molecule has 1 saturated heterocycles. The number of H-pyrrole nitrogens is 1. The van der Waals surface area contributed by atoms with Crippen LogP contribution in [0.15, 0.2) is 59.8 Å². The van der Waals surface area contributed by atoms with Gasteiger partial charge in [-0.1, -0.05) is 12.1 Å². The van der Waals surface area contributed by atoms with E-state index >= 15 is 0 Å². The fraction of sp³-hybridized carbons (Fsp3) is 0.292. The van der Waals surface area contributed by atoms with Crippen LogP contribution >= 0.6 is 0 Å². The predicted octanol–water partition coefficient (Wildman–Crippen LogP) is 2.86. The van der Waals surface area contributed by atoms with Crippen molar-refractivity contribution in [3.05, 3.63) is 76.5 Å². The molecule has 1 fully saturated rings. The molecule has 4 aromatic rings. The molecule has 3 N–H and O–H groups in total. The van der Waals surface area contributed by atoms with Crippen LogP contribution in [-0.4, -0.2) is 45.0 Å². The number of nitrogens with two attached hydrogens (primary N) is 1. The van der Waals surface area contributed by atoms with Crippen molar-refractivity contribution in [1.29, 1.82) is 0 Å². The average molecular weight is 415 g/mol. The minimum absolute atomic E-state index is 0.0181. The van der Waals surface area contributed by atoms with E-state index in [1.54, 1.807) is 17.0 Å². The highest BCUT2D eigenvalue weighted by Gasteiger charge is 2.23. The van der Waals surface area contributed by atoms with Crippen molar-refractivity contribution in [3.63, 3.8) is 0 Å². The molecule has 2 aromatic carbocycles. The van der Waals surface area contributed by atoms with E-state index in [4.69, 9.17) is 5.73 Å². The summed E-state index contributed by atoms with van der Waals surface area (Å²) in [4.78, 5) is 34.4. The minimum atomic E-state index is -0.401. The average Bonchev–Trinajstić information content (AvgIpc) is 3.22. The van der Waals surface area contributed by atoms with E-state index in [1.165, 1.54) is 5.56 Å². The van der Waals surface area contributed by atoms with Crippen LogP contribution in [0.2, 0.25) is 0 Å². The van der Waals surface area contributed by atoms with Crippen molar-refractivity contribution in [2.75, 3.05) is 19.6 Å². The van der Waals surface area contributed by atoms with Gasteiger partial charge >= 0.3 is 0 Å². The zero-order chi connectivity index (χ0) is 21.4. The summed E-state index contributed by atoms with van der Waals surface area (Å²) in [7, 11) is 0. The summed E-state index contributed by atoms with van der Waals surface area (Å²) in [6.45, 7) is 3.41. The van der Waals surface area contributed by atoms with Crippen LogP contribution in [0.25, 0.3) is 21.8 Å². The van der Waals surface area contributed by atoms with Crippen molar-refractivity contribution in [2.24, 2.45) is 5.73 Å². The smallest absolute Gasteiger partial charge is 0.261 e. The third-order valence-electron chi connectivity index (χ3n) is 6.41. The molecule has 0 radical (unpaired) electrons. The molecule has 0 aliphatic carbocycles. The highest BCUT2D eigenvalue weighted by molar-refractivity contribution is 5.98. The maximum absolute atomic E-state index is 12.7. The lowest BCUT2D eigenvalue weighted by molar-refractivity contribution is 0.100. The monoisotopic (exact) mass is 415 g/mol. The summed E-state index contributed by atoms with van der Waals surface area (Å²) in [5, 5.41) is 1.75. The van der Waals surface area contributed by atoms with E-state index in [0.717, 1.165) is 48.9 Å². The second kappa shape index (κ2) is 8.00. The van der Waals surface area contributed by atoms with Crippen molar-refractivity contribution in [2.45, 2.75) is 25.3 Å². The number of piperidine rings is 1. The van der Waals surface area contributed by atoms with Crippen LogP contribution in [0.1, 0.15) is 34.7 Å². The Morgan fingerprint density at radius 1 is 1.10 bits per heavy atom. The number of para-hydroxylation sites is 1. The number of primary amides is 1. The van der Waals surface area contributed by atoms with Gasteiger partial charge < -0.3 is 15.6 Å². The summed E-state index contributed by atoms with van der Waals surface area (Å²) in [6, 6.07) is 13.0. The first-order valence-corrected chi connectivity index (χ1v) is 10.7. The highest BCUT2D eigenvalue weighted by atomic mass is 16.1. The second-order valence-electron chi connectivity index (χ2n) is 8.24. The summed E-state index contributed by atoms with van der Waals surface area (Å²) >= 11 is 0. The third-order valence-corrected chi connectivity index (χ3v) is 6.41. The van der Waals surface area contributed by atoms with E-state index in [1.807, 2.05) is 36.4 Å². The van der Waals surface area contributed by atoms with E-state index in [9.17, 15) is 9.59 Å². The Morgan fingerprint density at radius 3 is 2.71 bits per heavy atom. The minimum Gasteiger partial charge on any atom is -0.366 e. The molecule has 7 nitrogen and oxygen atoms in total. The molecule has 5 rings (SSSR count). The largest absolute Gasteiger partial charge is 0.366 e. The van der Waals surface area contributed by atoms with E-state index in [-0.39, 0.29) is 5.56 Å². The Hall–Kier alpha value is -3.45. The van der Waals surface area contributed by atoms with Crippen molar-refractivity contribution in [1.82, 2.24) is 19.4 Å². The molecule has 2 aromatic heterocycles. The number of nitrogens with zero attached hydrogens (tertiary/aromatic N) is 3. The number of likely N-dealkylation sites (tertiary alicyclic amines) is 1. The molecule has 1 amide bonds. The molecule has 7 heteroatoms. The first-order valence-electron chi connectivity index (χ1n) is 10.7. The number of hydrogen-bond donors (Lipinski definition) is 2. The van der Waals surface area contributed by atoms with Crippen LogP contribution in [0, 0.1) is 0 Å². The number of aromatic nitrogens is 3. The molecule has 31 heavy (non-hydrogen) atoms. The van der Waals surface area contributed by atoms with Crippen LogP contribution in [0.3, 0.4) is 0 Å². The molecular weight excluding hydrogens is 390 g/mol. The zero-order valence-corrected chi connectivity index (χ0v) is 17.3. The number of carbonyl (C=O) groups is 1. The number of hydrogen-bond acceptors (Lipinski definition) is 4. The molecule has 0 unspecified atom stereocenters. The lowest BCUT2D eigenvalue weighted by Gasteiger charge is -2.32. The SMILES string of the molecule is NC(=O)c1ccc2[nH]cc(C3CCN(CCn4cnc5ccccc5c4=O)CC3)c2c1. The topological polar surface area (TPSA) is 97.0 Å². The maximum atomic E-state index is 12.7. The third kappa shape index (κ3) is 3.72. The molecule has 0 spiro atoms. The quantitative estimate of drug-likeness (QED) is 0.524. The zero-order valence-electron chi connectivity index (χ0n) is 17.3. The molecule has 0 bridgehead atoms. The van der Waals surface area contributed by atoms with E-state index < -0.39 is 5.91 Å². The number of fused-ring (bicyclic) bond motifs is 2. The first kappa shape index (κ1) is 19.5. The maximum Gasteiger partial charge on any atom is 0.261 e. The van der Waals surface area contributed by atoms with Crippen LogP contribution in [0.5, 0.6) is 0 Å². The normalized spacial score (nSPS) is 15.6. The number of aromatic amines is 1. The van der Waals surface area contributed by atoms with Gasteiger partial charge in [-0.2, -0.15) is 0 Å². The second-order valence-corrected chi connectivity index (χ2v) is 8.24. The van der Waals surface area contributed by atoms with Gasteiger partial charge in [0.25, 0.3) is 5.56 Å². The highest BCUT2D eigenvalue weighted by Crippen LogP contribution is 2.33. The van der Waals surface area contributed by atoms with Gasteiger partial charge in [-0.15, -0.1) is 0 Å². The molecule has 1 aliphatic heterocycles. The summed E-state index contributed by atoms with van der Waals surface area (Å²) in [5.74, 6) is 0.0421. The van der Waals surface area contributed by atoms with Crippen molar-refractivity contribution >= 4 is 27.7 Å². The number of amides is 1. The van der Waals surface area contributed by atoms with Gasteiger partial charge in [-0.3, -0.25) is 14.2 Å². The number of benzene rings is 2. The molecule has 158 valence electrons. The number of rotatable bonds is 5. The molecule has 3 heterocycles. The van der Waals surface area contributed by atoms with Gasteiger partial charge in [0, 0.05) is 35.8 Å². The predicted molar refractivity (Wildman–Crippen MR) is 121 cm³/mol. The van der Waals surface area contributed by atoms with Crippen LogP contribution < -0.4 is 11.3 Å². The van der Waals surface area contributed by atoms with Crippen LogP contribution in [0.4, 0.5) is 0 Å². The Balaban J connectivity index is 1.25. The van der Waals surface area contributed by atoms with Crippen LogP contribution in [-0.2, 0) is 6.54 Å². The fourth-order valence-corrected chi connectivity index (χ4v) is 4.62. The van der Waals surface area contributed by atoms with Gasteiger partial charge in [0.15, 0.2) is 0 Å². The van der Waals surface area contributed by atoms with E-state index in [0.29, 0.717) is 23.4 Å². The summed E-state index contributed by atoms with van der Waals surface area (Å²) in [5.41, 5.74) is 9.05. The molecule has 0 saturated carbocycles. The van der Waals surface area contributed by atoms with Crippen molar-refractivity contribution < 1.29 is 4.79 Å². The lowest BCUT2D eigenvalue weighted by atomic mass is 9.89. The van der Waals surface area contributed by atoms with Gasteiger partial charge in [0.05, 0.1) is 17.2 Å². The number of carbonyl (C=O) groups excluding carboxylic acids is 1. The first-order chi connectivity index (χ1) is 15.1. The summed E-state index contributed by atoms with van der Waals surface area (Å²) in [6.07, 6.45) is 5.80. The fourth-order valence-electron chi connectivity index (χ4n) is 4.62. The standard InChI is InChI=1S/C24H25N5O2/c25-23(30)17-5-6-22-19(13-17)20(14-26-22)16-7-9-28(10-8-16)11-12-29-15-27-21-4-2-1-3-18(21)24(29)31/h1-6,13-16,26H,7-12H2,(H2,25,30). The Bertz CT molecular complexity index is 1310. The van der Waals surface area contributed by atoms with Gasteiger partial charge in [0.1, 0.15) is 0 Å². The number of nitrogens with one attached hydrogen (secondary N) is 1. The van der Waals surface area contributed by atoms with Gasteiger partial charge in [0.2, 0.25) is 5.91 Å². The molecule has 1 aliphatic rings. The lowest BCUT2D eigenvalue weighted by Crippen LogP contribution is -2.36. The van der Waals surface area contributed by atoms with Gasteiger partial charge in [-0.05, 0) is 67.7 Å². The molecular formula is C24H25N5O2. The Kier molecular flexibility index (Phi) is 5.03. The summed E-state index contributed by atoms with van der Waals surface area (Å²) < 4.78 is 1.71. The van der Waals surface area contributed by atoms with Gasteiger partial charge in [-0.25, -0.2) is 4.98 Å².